The quantitative estimate of drug-likeness (QED) is 0.800. The third-order valence-corrected chi connectivity index (χ3v) is 3.33. The van der Waals surface area contributed by atoms with Crippen LogP contribution in [0.4, 0.5) is 0 Å². The van der Waals surface area contributed by atoms with E-state index in [0.29, 0.717) is 0 Å². The summed E-state index contributed by atoms with van der Waals surface area (Å²) in [4.78, 5) is 11.7. The van der Waals surface area contributed by atoms with Gasteiger partial charge in [0.25, 0.3) is 0 Å². The molecule has 104 valence electrons. The smallest absolute Gasteiger partial charge is 0.244 e. The van der Waals surface area contributed by atoms with Crippen LogP contribution in [0.3, 0.4) is 0 Å². The van der Waals surface area contributed by atoms with Crippen LogP contribution in [0.1, 0.15) is 31.9 Å². The van der Waals surface area contributed by atoms with Crippen LogP contribution >= 0.6 is 0 Å². The van der Waals surface area contributed by atoms with E-state index >= 15 is 0 Å². The molecule has 0 aliphatic carbocycles. The van der Waals surface area contributed by atoms with Crippen LogP contribution in [0.25, 0.3) is 6.08 Å². The Morgan fingerprint density at radius 1 is 1.47 bits per heavy atom. The first-order chi connectivity index (χ1) is 8.81. The first-order valence-corrected chi connectivity index (χ1v) is 6.56. The standard InChI is InChI=1S/C16H23NO2/c1-12(2)16(4,19)11-17-15(18)9-8-14-7-5-6-13(3)10-14/h5-10,12,19H,11H2,1-4H3,(H,17,18). The van der Waals surface area contributed by atoms with Crippen molar-refractivity contribution in [3.8, 4) is 0 Å². The maximum atomic E-state index is 11.7. The summed E-state index contributed by atoms with van der Waals surface area (Å²) >= 11 is 0. The lowest BCUT2D eigenvalue weighted by atomic mass is 9.92. The number of aryl methyl sites for hydroxylation is 1. The number of aliphatic hydroxyl groups is 1. The zero-order chi connectivity index (χ0) is 14.5. The third kappa shape index (κ3) is 5.26. The first-order valence-electron chi connectivity index (χ1n) is 6.56. The lowest BCUT2D eigenvalue weighted by Crippen LogP contribution is -2.43. The molecule has 1 rings (SSSR count). The summed E-state index contributed by atoms with van der Waals surface area (Å²) in [5.41, 5.74) is 1.27. The molecule has 0 saturated carbocycles. The van der Waals surface area contributed by atoms with Crippen molar-refractivity contribution in [2.45, 2.75) is 33.3 Å². The van der Waals surface area contributed by atoms with Crippen LogP contribution in [0, 0.1) is 12.8 Å². The summed E-state index contributed by atoms with van der Waals surface area (Å²) in [5, 5.41) is 12.7. The fraction of sp³-hybridized carbons (Fsp3) is 0.438. The summed E-state index contributed by atoms with van der Waals surface area (Å²) in [6.07, 6.45) is 3.26. The maximum Gasteiger partial charge on any atom is 0.244 e. The Morgan fingerprint density at radius 3 is 2.74 bits per heavy atom. The van der Waals surface area contributed by atoms with Crippen LogP contribution < -0.4 is 5.32 Å². The number of benzene rings is 1. The Kier molecular flexibility index (Phi) is 5.31. The predicted octanol–water partition coefficient (Wildman–Crippen LogP) is 2.53. The molecule has 3 nitrogen and oxygen atoms in total. The fourth-order valence-corrected chi connectivity index (χ4v) is 1.47. The van der Waals surface area contributed by atoms with Crippen molar-refractivity contribution in [2.24, 2.45) is 5.92 Å². The maximum absolute atomic E-state index is 11.7. The molecule has 0 heterocycles. The van der Waals surface area contributed by atoms with Gasteiger partial charge in [-0.15, -0.1) is 0 Å². The molecule has 2 N–H and O–H groups in total. The Bertz CT molecular complexity index is 462. The van der Waals surface area contributed by atoms with Gasteiger partial charge in [0, 0.05) is 12.6 Å². The molecular weight excluding hydrogens is 238 g/mol. The summed E-state index contributed by atoms with van der Waals surface area (Å²) in [5.74, 6) is -0.101. The number of nitrogens with one attached hydrogen (secondary N) is 1. The van der Waals surface area contributed by atoms with Gasteiger partial charge >= 0.3 is 0 Å². The van der Waals surface area contributed by atoms with Crippen LogP contribution in [0.2, 0.25) is 0 Å². The van der Waals surface area contributed by atoms with Crippen LogP contribution in [-0.4, -0.2) is 23.2 Å². The minimum Gasteiger partial charge on any atom is -0.388 e. The molecule has 0 aliphatic rings. The number of hydrogen-bond acceptors (Lipinski definition) is 2. The van der Waals surface area contributed by atoms with E-state index in [1.807, 2.05) is 45.0 Å². The topological polar surface area (TPSA) is 49.3 Å². The second-order valence-electron chi connectivity index (χ2n) is 5.48. The van der Waals surface area contributed by atoms with Gasteiger partial charge in [0.15, 0.2) is 0 Å². The molecule has 0 saturated heterocycles. The van der Waals surface area contributed by atoms with Gasteiger partial charge in [0.1, 0.15) is 0 Å². The van der Waals surface area contributed by atoms with E-state index < -0.39 is 5.60 Å². The van der Waals surface area contributed by atoms with Crippen molar-refractivity contribution in [2.75, 3.05) is 6.54 Å². The Balaban J connectivity index is 2.52. The molecule has 0 spiro atoms. The van der Waals surface area contributed by atoms with Crippen molar-refractivity contribution in [3.05, 3.63) is 41.5 Å². The monoisotopic (exact) mass is 261 g/mol. The summed E-state index contributed by atoms with van der Waals surface area (Å²) in [7, 11) is 0. The average Bonchev–Trinajstić information content (AvgIpc) is 2.34. The highest BCUT2D eigenvalue weighted by Crippen LogP contribution is 2.14. The van der Waals surface area contributed by atoms with Gasteiger partial charge in [0.05, 0.1) is 5.60 Å². The normalized spacial score (nSPS) is 14.6. The van der Waals surface area contributed by atoms with E-state index in [9.17, 15) is 9.90 Å². The highest BCUT2D eigenvalue weighted by atomic mass is 16.3. The first kappa shape index (κ1) is 15.4. The molecule has 3 heteroatoms. The molecule has 0 fully saturated rings. The van der Waals surface area contributed by atoms with E-state index in [-0.39, 0.29) is 18.4 Å². The highest BCUT2D eigenvalue weighted by molar-refractivity contribution is 5.91. The van der Waals surface area contributed by atoms with E-state index in [2.05, 4.69) is 5.32 Å². The summed E-state index contributed by atoms with van der Waals surface area (Å²) < 4.78 is 0. The molecule has 0 radical (unpaired) electrons. The van der Waals surface area contributed by atoms with Crippen LogP contribution in [0.5, 0.6) is 0 Å². The molecule has 0 aromatic heterocycles. The molecule has 19 heavy (non-hydrogen) atoms. The van der Waals surface area contributed by atoms with E-state index in [0.717, 1.165) is 11.1 Å². The van der Waals surface area contributed by atoms with Crippen molar-refractivity contribution in [1.82, 2.24) is 5.32 Å². The molecule has 1 aromatic carbocycles. The number of carbonyl (C=O) groups is 1. The van der Waals surface area contributed by atoms with Gasteiger partial charge in [-0.1, -0.05) is 43.7 Å². The lowest BCUT2D eigenvalue weighted by molar-refractivity contribution is -0.118. The molecule has 0 bridgehead atoms. The van der Waals surface area contributed by atoms with Crippen molar-refractivity contribution < 1.29 is 9.90 Å². The van der Waals surface area contributed by atoms with Gasteiger partial charge in [0.2, 0.25) is 5.91 Å². The molecule has 1 aromatic rings. The van der Waals surface area contributed by atoms with Gasteiger partial charge in [-0.3, -0.25) is 4.79 Å². The van der Waals surface area contributed by atoms with Crippen LogP contribution in [0.15, 0.2) is 30.3 Å². The van der Waals surface area contributed by atoms with Crippen molar-refractivity contribution in [3.63, 3.8) is 0 Å². The molecule has 1 atom stereocenters. The molecule has 1 amide bonds. The van der Waals surface area contributed by atoms with E-state index in [1.165, 1.54) is 6.08 Å². The average molecular weight is 261 g/mol. The zero-order valence-corrected chi connectivity index (χ0v) is 12.1. The Morgan fingerprint density at radius 2 is 2.16 bits per heavy atom. The summed E-state index contributed by atoms with van der Waals surface area (Å²) in [6, 6.07) is 7.92. The molecule has 1 unspecified atom stereocenters. The SMILES string of the molecule is Cc1cccc(C=CC(=O)NCC(C)(O)C(C)C)c1. The lowest BCUT2D eigenvalue weighted by Gasteiger charge is -2.27. The number of amides is 1. The second-order valence-corrected chi connectivity index (χ2v) is 5.48. The fourth-order valence-electron chi connectivity index (χ4n) is 1.47. The van der Waals surface area contributed by atoms with Gasteiger partial charge < -0.3 is 10.4 Å². The van der Waals surface area contributed by atoms with Gasteiger partial charge in [-0.25, -0.2) is 0 Å². The number of carbonyl (C=O) groups excluding carboxylic acids is 1. The predicted molar refractivity (Wildman–Crippen MR) is 78.7 cm³/mol. The summed E-state index contributed by atoms with van der Waals surface area (Å²) in [6.45, 7) is 7.84. The second kappa shape index (κ2) is 6.53. The highest BCUT2D eigenvalue weighted by Gasteiger charge is 2.24. The van der Waals surface area contributed by atoms with Crippen LogP contribution in [-0.2, 0) is 4.79 Å². The third-order valence-electron chi connectivity index (χ3n) is 3.33. The minimum atomic E-state index is -0.882. The van der Waals surface area contributed by atoms with Crippen molar-refractivity contribution in [1.29, 1.82) is 0 Å². The van der Waals surface area contributed by atoms with E-state index in [1.54, 1.807) is 13.0 Å². The largest absolute Gasteiger partial charge is 0.388 e. The molecule has 0 aliphatic heterocycles. The zero-order valence-electron chi connectivity index (χ0n) is 12.1. The Hall–Kier alpha value is -1.61. The number of rotatable bonds is 5. The van der Waals surface area contributed by atoms with Gasteiger partial charge in [-0.2, -0.15) is 0 Å². The van der Waals surface area contributed by atoms with Gasteiger partial charge in [-0.05, 0) is 31.4 Å². The molecular formula is C16H23NO2. The number of hydrogen-bond donors (Lipinski definition) is 2. The Labute approximate surface area is 115 Å². The van der Waals surface area contributed by atoms with Crippen molar-refractivity contribution >= 4 is 12.0 Å². The minimum absolute atomic E-state index is 0.0913. The van der Waals surface area contributed by atoms with E-state index in [4.69, 9.17) is 0 Å².